The molecule has 21 heavy (non-hydrogen) atoms. The van der Waals surface area contributed by atoms with Gasteiger partial charge in [0.05, 0.1) is 5.39 Å². The minimum absolute atomic E-state index is 0.0103. The molecule has 4 rings (SSSR count). The highest BCUT2D eigenvalue weighted by atomic mass is 16.1. The number of aromatic nitrogens is 5. The fourth-order valence-corrected chi connectivity index (χ4v) is 2.88. The molecule has 1 aliphatic rings. The summed E-state index contributed by atoms with van der Waals surface area (Å²) in [5.41, 5.74) is 3.39. The van der Waals surface area contributed by atoms with Crippen LogP contribution in [0.25, 0.3) is 11.0 Å². The summed E-state index contributed by atoms with van der Waals surface area (Å²) >= 11 is 0. The number of carbonyl (C=O) groups excluding carboxylic acids is 1. The number of H-pyrrole nitrogens is 2. The fraction of sp³-hybridized carbons (Fsp3) is 0.286. The number of nitrogens with zero attached hydrogens (tertiary/aromatic N) is 4. The van der Waals surface area contributed by atoms with Crippen molar-refractivity contribution in [3.63, 3.8) is 0 Å². The number of hydrogen-bond donors (Lipinski definition) is 2. The molecule has 0 bridgehead atoms. The molecule has 0 saturated carbocycles. The third-order valence-corrected chi connectivity index (χ3v) is 3.90. The van der Waals surface area contributed by atoms with Gasteiger partial charge in [0.15, 0.2) is 5.78 Å². The summed E-state index contributed by atoms with van der Waals surface area (Å²) in [5.74, 6) is 0.881. The molecule has 4 heterocycles. The van der Waals surface area contributed by atoms with Gasteiger partial charge < -0.3 is 9.88 Å². The molecule has 0 aromatic carbocycles. The van der Waals surface area contributed by atoms with E-state index in [4.69, 9.17) is 0 Å². The second kappa shape index (κ2) is 4.41. The molecule has 0 atom stereocenters. The molecule has 2 N–H and O–H groups in total. The minimum Gasteiger partial charge on any atom is -0.351 e. The van der Waals surface area contributed by atoms with Gasteiger partial charge in [0.1, 0.15) is 23.5 Å². The average molecular weight is 282 g/mol. The van der Waals surface area contributed by atoms with Crippen LogP contribution in [-0.2, 0) is 13.0 Å². The normalized spacial score (nSPS) is 14.4. The molecule has 3 aromatic heterocycles. The molecule has 1 aliphatic heterocycles. The van der Waals surface area contributed by atoms with Crippen molar-refractivity contribution in [2.45, 2.75) is 19.9 Å². The lowest BCUT2D eigenvalue weighted by Gasteiger charge is -2.28. The highest BCUT2D eigenvalue weighted by molar-refractivity contribution is 5.94. The molecular formula is C14H14N6O. The summed E-state index contributed by atoms with van der Waals surface area (Å²) in [6.07, 6.45) is 4.24. The molecule has 0 fully saturated rings. The average Bonchev–Trinajstić information content (AvgIpc) is 3.12. The Bertz CT molecular complexity index is 833. The lowest BCUT2D eigenvalue weighted by Crippen LogP contribution is -2.31. The molecule has 7 nitrogen and oxygen atoms in total. The number of carbonyl (C=O) groups is 1. The van der Waals surface area contributed by atoms with Crippen LogP contribution in [0.15, 0.2) is 18.6 Å². The number of nitrogens with one attached hydrogen (secondary N) is 2. The van der Waals surface area contributed by atoms with Gasteiger partial charge in [-0.15, -0.1) is 0 Å². The van der Waals surface area contributed by atoms with Crippen molar-refractivity contribution in [1.82, 2.24) is 25.1 Å². The van der Waals surface area contributed by atoms with Crippen molar-refractivity contribution < 1.29 is 4.79 Å². The van der Waals surface area contributed by atoms with E-state index in [1.165, 1.54) is 0 Å². The molecule has 0 radical (unpaired) electrons. The summed E-state index contributed by atoms with van der Waals surface area (Å²) in [6, 6.07) is 1.97. The number of fused-ring (bicyclic) bond motifs is 2. The zero-order chi connectivity index (χ0) is 14.4. The molecule has 0 saturated heterocycles. The maximum atomic E-state index is 11.7. The predicted octanol–water partition coefficient (Wildman–Crippen LogP) is 1.45. The SMILES string of the molecule is CC(=O)c1n[nH]c2c1CN(c1ncnc3[nH]ccc13)CC2. The van der Waals surface area contributed by atoms with Crippen LogP contribution >= 0.6 is 0 Å². The maximum absolute atomic E-state index is 11.7. The molecule has 7 heteroatoms. The van der Waals surface area contributed by atoms with E-state index in [2.05, 4.69) is 30.0 Å². The van der Waals surface area contributed by atoms with Gasteiger partial charge in [-0.3, -0.25) is 9.89 Å². The van der Waals surface area contributed by atoms with Crippen molar-refractivity contribution in [3.05, 3.63) is 35.5 Å². The van der Waals surface area contributed by atoms with Crippen molar-refractivity contribution in [1.29, 1.82) is 0 Å². The van der Waals surface area contributed by atoms with Crippen LogP contribution in [0.4, 0.5) is 5.82 Å². The first-order valence-electron chi connectivity index (χ1n) is 6.84. The van der Waals surface area contributed by atoms with Gasteiger partial charge in [0.25, 0.3) is 0 Å². The first-order chi connectivity index (χ1) is 10.2. The van der Waals surface area contributed by atoms with E-state index in [9.17, 15) is 4.79 Å². The van der Waals surface area contributed by atoms with Gasteiger partial charge in [-0.2, -0.15) is 5.10 Å². The van der Waals surface area contributed by atoms with Crippen molar-refractivity contribution in [2.75, 3.05) is 11.4 Å². The molecule has 0 unspecified atom stereocenters. The first kappa shape index (κ1) is 12.1. The van der Waals surface area contributed by atoms with Crippen LogP contribution in [-0.4, -0.2) is 37.5 Å². The molecule has 3 aromatic rings. The van der Waals surface area contributed by atoms with Gasteiger partial charge in [-0.1, -0.05) is 0 Å². The van der Waals surface area contributed by atoms with Crippen molar-refractivity contribution in [2.24, 2.45) is 0 Å². The Balaban J connectivity index is 1.77. The zero-order valence-corrected chi connectivity index (χ0v) is 11.6. The number of ketones is 1. The van der Waals surface area contributed by atoms with E-state index in [0.717, 1.165) is 41.1 Å². The molecular weight excluding hydrogens is 268 g/mol. The Morgan fingerprint density at radius 2 is 2.29 bits per heavy atom. The second-order valence-corrected chi connectivity index (χ2v) is 5.19. The van der Waals surface area contributed by atoms with E-state index in [1.54, 1.807) is 13.3 Å². The van der Waals surface area contributed by atoms with Crippen molar-refractivity contribution in [3.8, 4) is 0 Å². The van der Waals surface area contributed by atoms with E-state index < -0.39 is 0 Å². The molecule has 106 valence electrons. The Morgan fingerprint density at radius 3 is 3.14 bits per heavy atom. The Hall–Kier alpha value is -2.70. The summed E-state index contributed by atoms with van der Waals surface area (Å²) in [7, 11) is 0. The summed E-state index contributed by atoms with van der Waals surface area (Å²) in [6.45, 7) is 3.02. The van der Waals surface area contributed by atoms with E-state index in [0.29, 0.717) is 12.2 Å². The summed E-state index contributed by atoms with van der Waals surface area (Å²) in [4.78, 5) is 25.5. The number of hydrogen-bond acceptors (Lipinski definition) is 5. The Labute approximate surface area is 120 Å². The van der Waals surface area contributed by atoms with Crippen molar-refractivity contribution >= 4 is 22.6 Å². The summed E-state index contributed by atoms with van der Waals surface area (Å²) < 4.78 is 0. The first-order valence-corrected chi connectivity index (χ1v) is 6.84. The lowest BCUT2D eigenvalue weighted by atomic mass is 10.0. The number of rotatable bonds is 2. The van der Waals surface area contributed by atoms with Gasteiger partial charge in [-0.25, -0.2) is 9.97 Å². The predicted molar refractivity (Wildman–Crippen MR) is 77.2 cm³/mol. The minimum atomic E-state index is -0.0103. The van der Waals surface area contributed by atoms with Crippen LogP contribution in [0.5, 0.6) is 0 Å². The lowest BCUT2D eigenvalue weighted by molar-refractivity contribution is 0.101. The van der Waals surface area contributed by atoms with Crippen LogP contribution in [0, 0.1) is 0 Å². The van der Waals surface area contributed by atoms with Gasteiger partial charge >= 0.3 is 0 Å². The monoisotopic (exact) mass is 282 g/mol. The van der Waals surface area contributed by atoms with Gasteiger partial charge in [0, 0.05) is 43.9 Å². The maximum Gasteiger partial charge on any atom is 0.180 e. The van der Waals surface area contributed by atoms with Gasteiger partial charge in [0.2, 0.25) is 0 Å². The number of anilines is 1. The highest BCUT2D eigenvalue weighted by Crippen LogP contribution is 2.28. The Morgan fingerprint density at radius 1 is 1.38 bits per heavy atom. The Kier molecular flexibility index (Phi) is 2.53. The highest BCUT2D eigenvalue weighted by Gasteiger charge is 2.25. The molecule has 0 aliphatic carbocycles. The van der Waals surface area contributed by atoms with Crippen LogP contribution in [0.3, 0.4) is 0 Å². The quantitative estimate of drug-likeness (QED) is 0.694. The number of aromatic amines is 2. The van der Waals surface area contributed by atoms with Crippen LogP contribution in [0.2, 0.25) is 0 Å². The third kappa shape index (κ3) is 1.81. The smallest absolute Gasteiger partial charge is 0.180 e. The van der Waals surface area contributed by atoms with Crippen LogP contribution < -0.4 is 4.90 Å². The van der Waals surface area contributed by atoms with Crippen LogP contribution in [0.1, 0.15) is 28.7 Å². The largest absolute Gasteiger partial charge is 0.351 e. The van der Waals surface area contributed by atoms with Gasteiger partial charge in [-0.05, 0) is 6.07 Å². The second-order valence-electron chi connectivity index (χ2n) is 5.19. The number of Topliss-reactive ketones (excluding diaryl/α,β-unsaturated/α-hetero) is 1. The fourth-order valence-electron chi connectivity index (χ4n) is 2.88. The third-order valence-electron chi connectivity index (χ3n) is 3.90. The molecule has 0 amide bonds. The van der Waals surface area contributed by atoms with E-state index in [-0.39, 0.29) is 5.78 Å². The standard InChI is InChI=1S/C14H14N6O/c1-8(21)12-10-6-20(5-3-11(10)18-19-12)14-9-2-4-15-13(9)16-7-17-14/h2,4,7H,3,5-6H2,1H3,(H,18,19)(H,15,16,17). The summed E-state index contributed by atoms with van der Waals surface area (Å²) in [5, 5.41) is 8.11. The zero-order valence-electron chi connectivity index (χ0n) is 11.6. The molecule has 0 spiro atoms. The van der Waals surface area contributed by atoms with E-state index in [1.807, 2.05) is 12.3 Å². The van der Waals surface area contributed by atoms with E-state index >= 15 is 0 Å². The topological polar surface area (TPSA) is 90.6 Å².